The summed E-state index contributed by atoms with van der Waals surface area (Å²) in [4.78, 5) is 21.8. The smallest absolute Gasteiger partial charge is 0.407 e. The summed E-state index contributed by atoms with van der Waals surface area (Å²) in [6.07, 6.45) is -0.519. The Balaban J connectivity index is 2.65. The molecule has 1 aromatic rings. The van der Waals surface area contributed by atoms with Crippen molar-refractivity contribution < 1.29 is 19.4 Å². The lowest BCUT2D eigenvalue weighted by molar-refractivity contribution is -0.139. The number of carbonyl (C=O) groups is 2. The van der Waals surface area contributed by atoms with Crippen LogP contribution in [0, 0.1) is 0 Å². The highest BCUT2D eigenvalue weighted by Gasteiger charge is 2.20. The Hall–Kier alpha value is -2.04. The van der Waals surface area contributed by atoms with Crippen LogP contribution >= 0.6 is 0 Å². The molecule has 0 heterocycles. The maximum atomic E-state index is 10.9. The second-order valence-electron chi connectivity index (χ2n) is 3.22. The molecule has 1 unspecified atom stereocenters. The molecule has 1 aromatic carbocycles. The van der Waals surface area contributed by atoms with E-state index in [1.165, 1.54) is 7.11 Å². The maximum Gasteiger partial charge on any atom is 0.407 e. The molecular weight excluding hydrogens is 210 g/mol. The molecule has 0 saturated heterocycles. The van der Waals surface area contributed by atoms with Gasteiger partial charge in [-0.3, -0.25) is 0 Å². The van der Waals surface area contributed by atoms with Gasteiger partial charge in [0.15, 0.2) is 0 Å². The number of benzene rings is 1. The van der Waals surface area contributed by atoms with Gasteiger partial charge in [0.1, 0.15) is 6.04 Å². The predicted molar refractivity (Wildman–Crippen MR) is 57.1 cm³/mol. The van der Waals surface area contributed by atoms with E-state index in [-0.39, 0.29) is 6.42 Å². The van der Waals surface area contributed by atoms with Gasteiger partial charge in [-0.15, -0.1) is 0 Å². The average Bonchev–Trinajstić information content (AvgIpc) is 2.29. The molecule has 0 aliphatic carbocycles. The number of carboxylic acids is 1. The molecule has 86 valence electrons. The number of nitrogens with one attached hydrogen (secondary N) is 1. The maximum absolute atomic E-state index is 10.9. The number of carbonyl (C=O) groups excluding carboxylic acids is 1. The Bertz CT molecular complexity index is 364. The first-order valence-corrected chi connectivity index (χ1v) is 4.74. The molecule has 5 nitrogen and oxygen atoms in total. The normalized spacial score (nSPS) is 11.6. The Morgan fingerprint density at radius 3 is 2.50 bits per heavy atom. The van der Waals surface area contributed by atoms with Crippen LogP contribution in [0.5, 0.6) is 0 Å². The van der Waals surface area contributed by atoms with Gasteiger partial charge in [0, 0.05) is 6.42 Å². The minimum Gasteiger partial charge on any atom is -0.480 e. The number of alkyl carbamates (subject to hydrolysis) is 1. The van der Waals surface area contributed by atoms with Crippen molar-refractivity contribution in [3.8, 4) is 0 Å². The fourth-order valence-electron chi connectivity index (χ4n) is 1.25. The quantitative estimate of drug-likeness (QED) is 0.799. The van der Waals surface area contributed by atoms with E-state index in [1.807, 2.05) is 18.2 Å². The second-order valence-corrected chi connectivity index (χ2v) is 3.22. The van der Waals surface area contributed by atoms with Crippen LogP contribution < -0.4 is 5.32 Å². The van der Waals surface area contributed by atoms with Gasteiger partial charge in [-0.25, -0.2) is 9.59 Å². The summed E-state index contributed by atoms with van der Waals surface area (Å²) in [6.45, 7) is 0. The van der Waals surface area contributed by atoms with E-state index in [1.54, 1.807) is 12.1 Å². The van der Waals surface area contributed by atoms with Gasteiger partial charge in [0.25, 0.3) is 0 Å². The van der Waals surface area contributed by atoms with Gasteiger partial charge >= 0.3 is 12.1 Å². The Kier molecular flexibility index (Phi) is 4.32. The van der Waals surface area contributed by atoms with Crippen LogP contribution in [0.4, 0.5) is 4.79 Å². The summed E-state index contributed by atoms with van der Waals surface area (Å²) in [7, 11) is 1.19. The SMILES string of the molecule is COC(=O)NC(Cc1ccccc1)C(=O)O. The molecule has 16 heavy (non-hydrogen) atoms. The fourth-order valence-corrected chi connectivity index (χ4v) is 1.25. The fraction of sp³-hybridized carbons (Fsp3) is 0.273. The Morgan fingerprint density at radius 2 is 2.00 bits per heavy atom. The molecule has 1 amide bonds. The monoisotopic (exact) mass is 223 g/mol. The molecule has 0 saturated carbocycles. The number of amides is 1. The molecule has 5 heteroatoms. The van der Waals surface area contributed by atoms with E-state index in [4.69, 9.17) is 5.11 Å². The third-order valence-corrected chi connectivity index (χ3v) is 2.06. The average molecular weight is 223 g/mol. The first-order valence-electron chi connectivity index (χ1n) is 4.74. The molecule has 0 aromatic heterocycles. The highest BCUT2D eigenvalue weighted by molar-refractivity contribution is 5.80. The van der Waals surface area contributed by atoms with Gasteiger partial charge in [-0.1, -0.05) is 30.3 Å². The number of hydrogen-bond acceptors (Lipinski definition) is 3. The first kappa shape index (κ1) is 12.0. The summed E-state index contributed by atoms with van der Waals surface area (Å²) in [5.74, 6) is -1.09. The van der Waals surface area contributed by atoms with Crippen LogP contribution in [-0.4, -0.2) is 30.3 Å². The van der Waals surface area contributed by atoms with E-state index in [9.17, 15) is 9.59 Å². The Morgan fingerprint density at radius 1 is 1.38 bits per heavy atom. The lowest BCUT2D eigenvalue weighted by Crippen LogP contribution is -2.42. The highest BCUT2D eigenvalue weighted by atomic mass is 16.5. The number of methoxy groups -OCH3 is 1. The zero-order valence-electron chi connectivity index (χ0n) is 8.84. The number of aliphatic carboxylic acids is 1. The van der Waals surface area contributed by atoms with Gasteiger partial charge in [-0.2, -0.15) is 0 Å². The number of ether oxygens (including phenoxy) is 1. The van der Waals surface area contributed by atoms with Crippen LogP contribution in [0.25, 0.3) is 0 Å². The Labute approximate surface area is 93.0 Å². The molecule has 0 aliphatic heterocycles. The summed E-state index contributed by atoms with van der Waals surface area (Å²) in [5.41, 5.74) is 0.839. The molecule has 1 atom stereocenters. The predicted octanol–water partition coefficient (Wildman–Crippen LogP) is 1.04. The van der Waals surface area contributed by atoms with E-state index in [0.29, 0.717) is 0 Å². The zero-order chi connectivity index (χ0) is 12.0. The summed E-state index contributed by atoms with van der Waals surface area (Å²) in [5, 5.41) is 11.2. The van der Waals surface area contributed by atoms with Crippen molar-refractivity contribution in [2.45, 2.75) is 12.5 Å². The number of rotatable bonds is 4. The van der Waals surface area contributed by atoms with Crippen molar-refractivity contribution >= 4 is 12.1 Å². The van der Waals surface area contributed by atoms with Crippen molar-refractivity contribution in [2.24, 2.45) is 0 Å². The van der Waals surface area contributed by atoms with Gasteiger partial charge in [-0.05, 0) is 5.56 Å². The minimum atomic E-state index is -1.09. The summed E-state index contributed by atoms with van der Waals surface area (Å²) >= 11 is 0. The molecular formula is C11H13NO4. The van der Waals surface area contributed by atoms with Crippen molar-refractivity contribution in [2.75, 3.05) is 7.11 Å². The number of carboxylic acid groups (broad SMARTS) is 1. The van der Waals surface area contributed by atoms with Crippen molar-refractivity contribution in [3.05, 3.63) is 35.9 Å². The molecule has 0 bridgehead atoms. The van der Waals surface area contributed by atoms with E-state index < -0.39 is 18.1 Å². The first-order chi connectivity index (χ1) is 7.63. The molecule has 0 radical (unpaired) electrons. The summed E-state index contributed by atoms with van der Waals surface area (Å²) in [6, 6.07) is 8.09. The molecule has 0 spiro atoms. The molecule has 0 aliphatic rings. The van der Waals surface area contributed by atoms with E-state index >= 15 is 0 Å². The van der Waals surface area contributed by atoms with Crippen LogP contribution in [0.3, 0.4) is 0 Å². The standard InChI is InChI=1S/C11H13NO4/c1-16-11(15)12-9(10(13)14)7-8-5-3-2-4-6-8/h2-6,9H,7H2,1H3,(H,12,15)(H,13,14). The third kappa shape index (κ3) is 3.61. The topological polar surface area (TPSA) is 75.6 Å². The van der Waals surface area contributed by atoms with Gasteiger partial charge in [0.2, 0.25) is 0 Å². The van der Waals surface area contributed by atoms with Crippen LogP contribution in [0.2, 0.25) is 0 Å². The van der Waals surface area contributed by atoms with Gasteiger partial charge < -0.3 is 15.2 Å². The summed E-state index contributed by atoms with van der Waals surface area (Å²) < 4.78 is 4.36. The van der Waals surface area contributed by atoms with Crippen LogP contribution in [0.1, 0.15) is 5.56 Å². The number of hydrogen-bond donors (Lipinski definition) is 2. The van der Waals surface area contributed by atoms with Crippen molar-refractivity contribution in [1.29, 1.82) is 0 Å². The highest BCUT2D eigenvalue weighted by Crippen LogP contribution is 2.03. The second kappa shape index (κ2) is 5.75. The zero-order valence-corrected chi connectivity index (χ0v) is 8.84. The molecule has 1 rings (SSSR count). The van der Waals surface area contributed by atoms with Gasteiger partial charge in [0.05, 0.1) is 7.11 Å². The minimum absolute atomic E-state index is 0.227. The van der Waals surface area contributed by atoms with Crippen molar-refractivity contribution in [1.82, 2.24) is 5.32 Å². The molecule has 0 fully saturated rings. The largest absolute Gasteiger partial charge is 0.480 e. The van der Waals surface area contributed by atoms with Crippen LogP contribution in [-0.2, 0) is 16.0 Å². The lowest BCUT2D eigenvalue weighted by Gasteiger charge is -2.13. The van der Waals surface area contributed by atoms with E-state index in [0.717, 1.165) is 5.56 Å². The van der Waals surface area contributed by atoms with Crippen molar-refractivity contribution in [3.63, 3.8) is 0 Å². The molecule has 2 N–H and O–H groups in total. The third-order valence-electron chi connectivity index (χ3n) is 2.06. The lowest BCUT2D eigenvalue weighted by atomic mass is 10.1. The van der Waals surface area contributed by atoms with Crippen LogP contribution in [0.15, 0.2) is 30.3 Å². The van der Waals surface area contributed by atoms with E-state index in [2.05, 4.69) is 10.1 Å².